The van der Waals surface area contributed by atoms with Gasteiger partial charge in [0.2, 0.25) is 5.91 Å². The second kappa shape index (κ2) is 6.26. The van der Waals surface area contributed by atoms with Gasteiger partial charge in [-0.05, 0) is 32.9 Å². The third kappa shape index (κ3) is 2.59. The molecule has 0 fully saturated rings. The molecule has 0 saturated carbocycles. The van der Waals surface area contributed by atoms with Crippen molar-refractivity contribution in [2.75, 3.05) is 13.1 Å². The maximum atomic E-state index is 12.4. The molecule has 118 valence electrons. The molecule has 5 nitrogen and oxygen atoms in total. The molecule has 1 atom stereocenters. The van der Waals surface area contributed by atoms with Crippen molar-refractivity contribution in [2.45, 2.75) is 26.8 Å². The van der Waals surface area contributed by atoms with Crippen LogP contribution in [-0.2, 0) is 4.79 Å². The molecule has 1 unspecified atom stereocenters. The Morgan fingerprint density at radius 1 is 1.09 bits per heavy atom. The van der Waals surface area contributed by atoms with E-state index in [4.69, 9.17) is 23.2 Å². The zero-order valence-corrected chi connectivity index (χ0v) is 14.0. The molecule has 0 aromatic heterocycles. The predicted molar refractivity (Wildman–Crippen MR) is 84.4 cm³/mol. The summed E-state index contributed by atoms with van der Waals surface area (Å²) in [7, 11) is 0. The normalized spacial score (nSPS) is 15.0. The number of amides is 3. The summed E-state index contributed by atoms with van der Waals surface area (Å²) in [6.07, 6.45) is 0. The fourth-order valence-electron chi connectivity index (χ4n) is 2.51. The highest BCUT2D eigenvalue weighted by atomic mass is 35.5. The van der Waals surface area contributed by atoms with Gasteiger partial charge >= 0.3 is 0 Å². The highest BCUT2D eigenvalue weighted by Crippen LogP contribution is 2.32. The van der Waals surface area contributed by atoms with Crippen molar-refractivity contribution in [2.24, 2.45) is 0 Å². The summed E-state index contributed by atoms with van der Waals surface area (Å²) in [6.45, 7) is 6.26. The van der Waals surface area contributed by atoms with Gasteiger partial charge in [0.05, 0.1) is 21.2 Å². The third-order valence-electron chi connectivity index (χ3n) is 3.78. The summed E-state index contributed by atoms with van der Waals surface area (Å²) >= 11 is 11.8. The van der Waals surface area contributed by atoms with Crippen LogP contribution in [0.25, 0.3) is 0 Å². The standard InChI is InChI=1S/C15H16Cl2N2O3/c1-4-18(5-2)13(20)8(3)19-14(21)9-6-11(16)12(17)7-10(9)15(19)22/h6-8H,4-5H2,1-3H3. The van der Waals surface area contributed by atoms with Crippen LogP contribution in [0.5, 0.6) is 0 Å². The van der Waals surface area contributed by atoms with Crippen molar-refractivity contribution < 1.29 is 14.4 Å². The van der Waals surface area contributed by atoms with Crippen LogP contribution in [0, 0.1) is 0 Å². The molecule has 1 aliphatic heterocycles. The first kappa shape index (κ1) is 16.8. The molecule has 0 N–H and O–H groups in total. The number of fused-ring (bicyclic) bond motifs is 1. The third-order valence-corrected chi connectivity index (χ3v) is 4.50. The van der Waals surface area contributed by atoms with E-state index in [-0.39, 0.29) is 27.1 Å². The van der Waals surface area contributed by atoms with Crippen LogP contribution in [-0.4, -0.2) is 46.7 Å². The first-order valence-electron chi connectivity index (χ1n) is 6.99. The van der Waals surface area contributed by atoms with E-state index in [9.17, 15) is 14.4 Å². The van der Waals surface area contributed by atoms with E-state index >= 15 is 0 Å². The van der Waals surface area contributed by atoms with E-state index < -0.39 is 17.9 Å². The summed E-state index contributed by atoms with van der Waals surface area (Å²) in [5.41, 5.74) is 0.359. The Balaban J connectivity index is 2.37. The molecule has 0 spiro atoms. The minimum absolute atomic E-state index is 0.179. The SMILES string of the molecule is CCN(CC)C(=O)C(C)N1C(=O)c2cc(Cl)c(Cl)cc2C1=O. The number of likely N-dealkylation sites (N-methyl/N-ethyl adjacent to an activating group) is 1. The quantitative estimate of drug-likeness (QED) is 0.790. The molecule has 1 heterocycles. The molecular weight excluding hydrogens is 327 g/mol. The van der Waals surface area contributed by atoms with E-state index in [0.717, 1.165) is 4.90 Å². The lowest BCUT2D eigenvalue weighted by atomic mass is 10.1. The minimum atomic E-state index is -0.871. The summed E-state index contributed by atoms with van der Waals surface area (Å²) in [5.74, 6) is -1.31. The largest absolute Gasteiger partial charge is 0.341 e. The van der Waals surface area contributed by atoms with Crippen LogP contribution in [0.2, 0.25) is 10.0 Å². The number of hydrogen-bond acceptors (Lipinski definition) is 3. The van der Waals surface area contributed by atoms with E-state index in [1.165, 1.54) is 12.1 Å². The fraction of sp³-hybridized carbons (Fsp3) is 0.400. The number of halogens is 2. The van der Waals surface area contributed by atoms with E-state index in [1.54, 1.807) is 11.8 Å². The van der Waals surface area contributed by atoms with Gasteiger partial charge in [0, 0.05) is 13.1 Å². The molecule has 22 heavy (non-hydrogen) atoms. The van der Waals surface area contributed by atoms with Gasteiger partial charge in [0.1, 0.15) is 6.04 Å². The summed E-state index contributed by atoms with van der Waals surface area (Å²) in [4.78, 5) is 39.8. The molecule has 7 heteroatoms. The van der Waals surface area contributed by atoms with Crippen molar-refractivity contribution >= 4 is 40.9 Å². The lowest BCUT2D eigenvalue weighted by Crippen LogP contribution is -2.49. The Morgan fingerprint density at radius 2 is 1.50 bits per heavy atom. The Bertz CT molecular complexity index is 615. The average Bonchev–Trinajstić information content (AvgIpc) is 2.72. The Kier molecular flexibility index (Phi) is 4.78. The molecule has 2 rings (SSSR count). The number of carbonyl (C=O) groups excluding carboxylic acids is 3. The zero-order valence-electron chi connectivity index (χ0n) is 12.5. The second-order valence-corrected chi connectivity index (χ2v) is 5.79. The Morgan fingerprint density at radius 3 is 1.86 bits per heavy atom. The van der Waals surface area contributed by atoms with Gasteiger partial charge in [-0.25, -0.2) is 0 Å². The molecule has 1 aliphatic rings. The molecule has 0 aliphatic carbocycles. The Labute approximate surface area is 138 Å². The lowest BCUT2D eigenvalue weighted by molar-refractivity contribution is -0.134. The minimum Gasteiger partial charge on any atom is -0.341 e. The van der Waals surface area contributed by atoms with Gasteiger partial charge in [-0.15, -0.1) is 0 Å². The molecule has 1 aromatic rings. The number of benzene rings is 1. The highest BCUT2D eigenvalue weighted by Gasteiger charge is 2.42. The summed E-state index contributed by atoms with van der Waals surface area (Å²) in [5, 5.41) is 0.400. The van der Waals surface area contributed by atoms with E-state index in [1.807, 2.05) is 13.8 Å². The zero-order chi connectivity index (χ0) is 16.6. The smallest absolute Gasteiger partial charge is 0.262 e. The van der Waals surface area contributed by atoms with Gasteiger partial charge < -0.3 is 4.90 Å². The first-order chi connectivity index (χ1) is 10.3. The van der Waals surface area contributed by atoms with Crippen LogP contribution in [0.1, 0.15) is 41.5 Å². The van der Waals surface area contributed by atoms with E-state index in [0.29, 0.717) is 13.1 Å². The van der Waals surface area contributed by atoms with Gasteiger partial charge in [0.25, 0.3) is 11.8 Å². The summed E-state index contributed by atoms with van der Waals surface area (Å²) in [6, 6.07) is 1.87. The number of imide groups is 1. The summed E-state index contributed by atoms with van der Waals surface area (Å²) < 4.78 is 0. The van der Waals surface area contributed by atoms with Crippen LogP contribution >= 0.6 is 23.2 Å². The van der Waals surface area contributed by atoms with Gasteiger partial charge in [-0.2, -0.15) is 0 Å². The molecule has 3 amide bonds. The second-order valence-electron chi connectivity index (χ2n) is 4.98. The van der Waals surface area contributed by atoms with Crippen molar-refractivity contribution in [3.05, 3.63) is 33.3 Å². The van der Waals surface area contributed by atoms with Crippen LogP contribution in [0.15, 0.2) is 12.1 Å². The van der Waals surface area contributed by atoms with Gasteiger partial charge in [-0.3, -0.25) is 19.3 Å². The van der Waals surface area contributed by atoms with Crippen molar-refractivity contribution in [3.63, 3.8) is 0 Å². The first-order valence-corrected chi connectivity index (χ1v) is 7.74. The maximum Gasteiger partial charge on any atom is 0.262 e. The topological polar surface area (TPSA) is 57.7 Å². The monoisotopic (exact) mass is 342 g/mol. The van der Waals surface area contributed by atoms with Gasteiger partial charge in [-0.1, -0.05) is 23.2 Å². The molecule has 0 bridgehead atoms. The van der Waals surface area contributed by atoms with E-state index in [2.05, 4.69) is 0 Å². The van der Waals surface area contributed by atoms with Crippen LogP contribution in [0.3, 0.4) is 0 Å². The molecule has 0 radical (unpaired) electrons. The molecular formula is C15H16Cl2N2O3. The van der Waals surface area contributed by atoms with Crippen molar-refractivity contribution in [1.29, 1.82) is 0 Å². The number of carbonyl (C=O) groups is 3. The Hall–Kier alpha value is -1.59. The van der Waals surface area contributed by atoms with Crippen molar-refractivity contribution in [1.82, 2.24) is 9.80 Å². The van der Waals surface area contributed by atoms with Crippen LogP contribution in [0.4, 0.5) is 0 Å². The van der Waals surface area contributed by atoms with Crippen LogP contribution < -0.4 is 0 Å². The number of nitrogens with zero attached hydrogens (tertiary/aromatic N) is 2. The molecule has 1 aromatic carbocycles. The fourth-order valence-corrected chi connectivity index (χ4v) is 2.84. The van der Waals surface area contributed by atoms with Gasteiger partial charge in [0.15, 0.2) is 0 Å². The lowest BCUT2D eigenvalue weighted by Gasteiger charge is -2.27. The molecule has 0 saturated heterocycles. The predicted octanol–water partition coefficient (Wildman–Crippen LogP) is 2.85. The number of rotatable bonds is 4. The maximum absolute atomic E-state index is 12.4. The highest BCUT2D eigenvalue weighted by molar-refractivity contribution is 6.43. The van der Waals surface area contributed by atoms with Crippen molar-refractivity contribution in [3.8, 4) is 0 Å². The average molecular weight is 343 g/mol. The number of hydrogen-bond donors (Lipinski definition) is 0.